The molecule has 15 heavy (non-hydrogen) atoms. The van der Waals surface area contributed by atoms with E-state index in [0.717, 1.165) is 13.0 Å². The van der Waals surface area contributed by atoms with E-state index in [2.05, 4.69) is 30.4 Å². The van der Waals surface area contributed by atoms with Crippen molar-refractivity contribution in [3.8, 4) is 6.07 Å². The smallest absolute Gasteiger partial charge is 0.0950 e. The van der Waals surface area contributed by atoms with Crippen molar-refractivity contribution in [2.45, 2.75) is 32.2 Å². The maximum Gasteiger partial charge on any atom is 0.0950 e. The lowest BCUT2D eigenvalue weighted by atomic mass is 10.0. The van der Waals surface area contributed by atoms with Crippen LogP contribution in [0.15, 0.2) is 30.3 Å². The van der Waals surface area contributed by atoms with Gasteiger partial charge in [0.2, 0.25) is 0 Å². The molecule has 0 saturated carbocycles. The van der Waals surface area contributed by atoms with Crippen LogP contribution in [-0.2, 0) is 0 Å². The SMILES string of the molecule is CCC(C#N)NCC(C)c1ccccc1. The van der Waals surface area contributed by atoms with Crippen molar-refractivity contribution in [1.29, 1.82) is 5.26 Å². The third-order valence-corrected chi connectivity index (χ3v) is 2.60. The number of nitrogens with zero attached hydrogens (tertiary/aromatic N) is 1. The van der Waals surface area contributed by atoms with E-state index in [0.29, 0.717) is 5.92 Å². The maximum absolute atomic E-state index is 8.80. The summed E-state index contributed by atoms with van der Waals surface area (Å²) in [6, 6.07) is 12.6. The molecule has 0 fully saturated rings. The van der Waals surface area contributed by atoms with Crippen LogP contribution in [0.5, 0.6) is 0 Å². The minimum atomic E-state index is -0.0174. The summed E-state index contributed by atoms with van der Waals surface area (Å²) in [6.45, 7) is 5.05. The molecule has 0 heterocycles. The highest BCUT2D eigenvalue weighted by molar-refractivity contribution is 5.19. The van der Waals surface area contributed by atoms with E-state index < -0.39 is 0 Å². The summed E-state index contributed by atoms with van der Waals surface area (Å²) in [5, 5.41) is 12.1. The molecule has 2 nitrogen and oxygen atoms in total. The molecule has 2 unspecified atom stereocenters. The third kappa shape index (κ3) is 3.73. The molecule has 1 aromatic carbocycles. The van der Waals surface area contributed by atoms with Gasteiger partial charge in [-0.05, 0) is 17.9 Å². The lowest BCUT2D eigenvalue weighted by Gasteiger charge is -2.15. The van der Waals surface area contributed by atoms with Crippen molar-refractivity contribution in [3.63, 3.8) is 0 Å². The van der Waals surface area contributed by atoms with Crippen molar-refractivity contribution in [2.24, 2.45) is 0 Å². The van der Waals surface area contributed by atoms with Crippen LogP contribution < -0.4 is 5.32 Å². The van der Waals surface area contributed by atoms with Gasteiger partial charge in [0.1, 0.15) is 0 Å². The standard InChI is InChI=1S/C13H18N2/c1-3-13(9-14)15-10-11(2)12-7-5-4-6-8-12/h4-8,11,13,15H,3,10H2,1-2H3. The second-order valence-electron chi connectivity index (χ2n) is 3.81. The van der Waals surface area contributed by atoms with Crippen molar-refractivity contribution < 1.29 is 0 Å². The molecule has 80 valence electrons. The van der Waals surface area contributed by atoms with Gasteiger partial charge in [0, 0.05) is 6.54 Å². The van der Waals surface area contributed by atoms with Crippen LogP contribution in [0.25, 0.3) is 0 Å². The average Bonchev–Trinajstić information content (AvgIpc) is 2.31. The Morgan fingerprint density at radius 3 is 2.53 bits per heavy atom. The first-order valence-corrected chi connectivity index (χ1v) is 5.45. The minimum absolute atomic E-state index is 0.0174. The molecule has 1 rings (SSSR count). The second kappa shape index (κ2) is 6.21. The predicted molar refractivity (Wildman–Crippen MR) is 62.6 cm³/mol. The zero-order chi connectivity index (χ0) is 11.1. The van der Waals surface area contributed by atoms with Crippen molar-refractivity contribution in [2.75, 3.05) is 6.54 Å². The minimum Gasteiger partial charge on any atom is -0.301 e. The number of benzene rings is 1. The van der Waals surface area contributed by atoms with Crippen LogP contribution in [0.1, 0.15) is 31.7 Å². The second-order valence-corrected chi connectivity index (χ2v) is 3.81. The summed E-state index contributed by atoms with van der Waals surface area (Å²) < 4.78 is 0. The molecular weight excluding hydrogens is 184 g/mol. The fourth-order valence-corrected chi connectivity index (χ4v) is 1.50. The molecule has 1 aromatic rings. The summed E-state index contributed by atoms with van der Waals surface area (Å²) in [4.78, 5) is 0. The molecule has 0 saturated heterocycles. The lowest BCUT2D eigenvalue weighted by Crippen LogP contribution is -2.30. The van der Waals surface area contributed by atoms with E-state index in [1.165, 1.54) is 5.56 Å². The molecule has 0 aromatic heterocycles. The number of rotatable bonds is 5. The van der Waals surface area contributed by atoms with Crippen LogP contribution in [0.3, 0.4) is 0 Å². The highest BCUT2D eigenvalue weighted by Crippen LogP contribution is 2.13. The molecular formula is C13H18N2. The van der Waals surface area contributed by atoms with Gasteiger partial charge < -0.3 is 5.32 Å². The summed E-state index contributed by atoms with van der Waals surface area (Å²) >= 11 is 0. The van der Waals surface area contributed by atoms with Gasteiger partial charge in [0.05, 0.1) is 12.1 Å². The van der Waals surface area contributed by atoms with Gasteiger partial charge in [0.25, 0.3) is 0 Å². The van der Waals surface area contributed by atoms with E-state index in [4.69, 9.17) is 5.26 Å². The Kier molecular flexibility index (Phi) is 4.86. The summed E-state index contributed by atoms with van der Waals surface area (Å²) in [5.74, 6) is 0.452. The van der Waals surface area contributed by atoms with E-state index in [1.54, 1.807) is 0 Å². The zero-order valence-corrected chi connectivity index (χ0v) is 9.40. The van der Waals surface area contributed by atoms with E-state index in [-0.39, 0.29) is 6.04 Å². The van der Waals surface area contributed by atoms with Gasteiger partial charge in [-0.15, -0.1) is 0 Å². The normalized spacial score (nSPS) is 14.2. The first-order chi connectivity index (χ1) is 7.27. The monoisotopic (exact) mass is 202 g/mol. The number of hydrogen-bond donors (Lipinski definition) is 1. The fourth-order valence-electron chi connectivity index (χ4n) is 1.50. The highest BCUT2D eigenvalue weighted by Gasteiger charge is 2.08. The van der Waals surface area contributed by atoms with E-state index >= 15 is 0 Å². The quantitative estimate of drug-likeness (QED) is 0.796. The Morgan fingerprint density at radius 1 is 1.33 bits per heavy atom. The van der Waals surface area contributed by atoms with Crippen LogP contribution in [0.2, 0.25) is 0 Å². The third-order valence-electron chi connectivity index (χ3n) is 2.60. The Labute approximate surface area is 91.9 Å². The first-order valence-electron chi connectivity index (χ1n) is 5.45. The van der Waals surface area contributed by atoms with Crippen molar-refractivity contribution in [1.82, 2.24) is 5.32 Å². The van der Waals surface area contributed by atoms with E-state index in [1.807, 2.05) is 25.1 Å². The van der Waals surface area contributed by atoms with Gasteiger partial charge in [-0.1, -0.05) is 44.2 Å². The Bertz CT molecular complexity index is 313. The molecule has 2 atom stereocenters. The zero-order valence-electron chi connectivity index (χ0n) is 9.40. The van der Waals surface area contributed by atoms with Gasteiger partial charge in [-0.25, -0.2) is 0 Å². The van der Waals surface area contributed by atoms with Crippen LogP contribution >= 0.6 is 0 Å². The topological polar surface area (TPSA) is 35.8 Å². The summed E-state index contributed by atoms with van der Waals surface area (Å²) in [5.41, 5.74) is 1.32. The largest absolute Gasteiger partial charge is 0.301 e. The lowest BCUT2D eigenvalue weighted by molar-refractivity contribution is 0.549. The van der Waals surface area contributed by atoms with Gasteiger partial charge >= 0.3 is 0 Å². The number of nitriles is 1. The Morgan fingerprint density at radius 2 is 2.00 bits per heavy atom. The van der Waals surface area contributed by atoms with Crippen molar-refractivity contribution >= 4 is 0 Å². The fraction of sp³-hybridized carbons (Fsp3) is 0.462. The maximum atomic E-state index is 8.80. The molecule has 0 radical (unpaired) electrons. The molecule has 0 aliphatic rings. The van der Waals surface area contributed by atoms with Gasteiger partial charge in [-0.3, -0.25) is 0 Å². The molecule has 0 bridgehead atoms. The molecule has 2 heteroatoms. The van der Waals surface area contributed by atoms with Crippen LogP contribution in [-0.4, -0.2) is 12.6 Å². The molecule has 0 amide bonds. The Balaban J connectivity index is 2.44. The molecule has 0 aliphatic carbocycles. The first kappa shape index (κ1) is 11.7. The highest BCUT2D eigenvalue weighted by atomic mass is 14.9. The summed E-state index contributed by atoms with van der Waals surface area (Å²) in [7, 11) is 0. The van der Waals surface area contributed by atoms with Crippen LogP contribution in [0, 0.1) is 11.3 Å². The molecule has 0 aliphatic heterocycles. The molecule has 1 N–H and O–H groups in total. The predicted octanol–water partition coefficient (Wildman–Crippen LogP) is 2.68. The van der Waals surface area contributed by atoms with E-state index in [9.17, 15) is 0 Å². The van der Waals surface area contributed by atoms with Crippen LogP contribution in [0.4, 0.5) is 0 Å². The number of hydrogen-bond acceptors (Lipinski definition) is 2. The summed E-state index contributed by atoms with van der Waals surface area (Å²) in [6.07, 6.45) is 0.859. The molecule has 0 spiro atoms. The van der Waals surface area contributed by atoms with Crippen molar-refractivity contribution in [3.05, 3.63) is 35.9 Å². The van der Waals surface area contributed by atoms with Gasteiger partial charge in [-0.2, -0.15) is 5.26 Å². The average molecular weight is 202 g/mol. The number of nitrogens with one attached hydrogen (secondary N) is 1. The Hall–Kier alpha value is -1.33. The van der Waals surface area contributed by atoms with Gasteiger partial charge in [0.15, 0.2) is 0 Å².